The van der Waals surface area contributed by atoms with Gasteiger partial charge in [0.15, 0.2) is 0 Å². The van der Waals surface area contributed by atoms with E-state index < -0.39 is 5.82 Å². The first-order valence-electron chi connectivity index (χ1n) is 7.26. The normalized spacial score (nSPS) is 10.7. The fraction of sp³-hybridized carbons (Fsp3) is 0.125. The summed E-state index contributed by atoms with van der Waals surface area (Å²) in [6, 6.07) is 12.1. The Bertz CT molecular complexity index is 900. The number of carbonyl (C=O) groups excluding carboxylic acids is 1. The summed E-state index contributed by atoms with van der Waals surface area (Å²) >= 11 is 4.34. The van der Waals surface area contributed by atoms with Gasteiger partial charge in [-0.2, -0.15) is 4.68 Å². The Morgan fingerprint density at radius 2 is 2.04 bits per heavy atom. The molecule has 0 aliphatic rings. The highest BCUT2D eigenvalue weighted by molar-refractivity contribution is 9.10. The van der Waals surface area contributed by atoms with Gasteiger partial charge in [-0.05, 0) is 47.7 Å². The third-order valence-corrected chi connectivity index (χ3v) is 4.67. The summed E-state index contributed by atoms with van der Waals surface area (Å²) in [7, 11) is 0. The molecule has 1 aromatic heterocycles. The number of hydrogen-bond acceptors (Lipinski definition) is 5. The molecule has 0 saturated heterocycles. The first-order chi connectivity index (χ1) is 12.0. The number of hydrogen-bond donors (Lipinski definition) is 1. The van der Waals surface area contributed by atoms with Crippen LogP contribution in [0.5, 0.6) is 0 Å². The zero-order valence-corrected chi connectivity index (χ0v) is 15.5. The fourth-order valence-electron chi connectivity index (χ4n) is 2.02. The number of amides is 1. The monoisotopic (exact) mass is 421 g/mol. The zero-order chi connectivity index (χ0) is 17.8. The molecule has 0 unspecified atom stereocenters. The molecule has 0 atom stereocenters. The summed E-state index contributed by atoms with van der Waals surface area (Å²) in [6.07, 6.45) is 0. The van der Waals surface area contributed by atoms with E-state index in [-0.39, 0.29) is 17.3 Å². The predicted molar refractivity (Wildman–Crippen MR) is 97.3 cm³/mol. The molecule has 0 bridgehead atoms. The van der Waals surface area contributed by atoms with E-state index >= 15 is 0 Å². The van der Waals surface area contributed by atoms with Crippen LogP contribution in [-0.2, 0) is 4.79 Å². The van der Waals surface area contributed by atoms with E-state index in [0.29, 0.717) is 9.63 Å². The maximum absolute atomic E-state index is 13.8. The van der Waals surface area contributed by atoms with Gasteiger partial charge in [-0.15, -0.1) is 5.10 Å². The van der Waals surface area contributed by atoms with Crippen molar-refractivity contribution < 1.29 is 9.18 Å². The molecule has 0 aliphatic carbocycles. The highest BCUT2D eigenvalue weighted by Gasteiger charge is 2.13. The molecule has 9 heteroatoms. The highest BCUT2D eigenvalue weighted by Crippen LogP contribution is 2.21. The summed E-state index contributed by atoms with van der Waals surface area (Å²) in [5.74, 6) is -0.788. The molecule has 0 fully saturated rings. The minimum Gasteiger partial charge on any atom is -0.323 e. The van der Waals surface area contributed by atoms with Gasteiger partial charge in [-0.1, -0.05) is 45.4 Å². The molecule has 1 N–H and O–H groups in total. The van der Waals surface area contributed by atoms with Crippen LogP contribution in [0.2, 0.25) is 0 Å². The van der Waals surface area contributed by atoms with Crippen molar-refractivity contribution in [2.24, 2.45) is 0 Å². The van der Waals surface area contributed by atoms with Gasteiger partial charge in [-0.3, -0.25) is 4.79 Å². The van der Waals surface area contributed by atoms with Gasteiger partial charge < -0.3 is 5.32 Å². The van der Waals surface area contributed by atoms with Crippen molar-refractivity contribution in [2.75, 3.05) is 11.1 Å². The standard InChI is InChI=1S/C16H13BrFN5OS/c1-10-2-5-12(6-3-10)23-16(20-21-22-23)25-9-15(24)19-14-7-4-11(17)8-13(14)18/h2-8H,9H2,1H3,(H,19,24). The second-order valence-corrected chi connectivity index (χ2v) is 7.03. The number of thioether (sulfide) groups is 1. The molecular formula is C16H13BrFN5OS. The molecule has 2 aromatic carbocycles. The third-order valence-electron chi connectivity index (χ3n) is 3.26. The molecule has 1 amide bonds. The summed E-state index contributed by atoms with van der Waals surface area (Å²) in [5.41, 5.74) is 2.06. The van der Waals surface area contributed by atoms with E-state index in [1.54, 1.807) is 10.7 Å². The van der Waals surface area contributed by atoms with Crippen molar-refractivity contribution in [3.05, 3.63) is 58.3 Å². The van der Waals surface area contributed by atoms with Crippen LogP contribution >= 0.6 is 27.7 Å². The van der Waals surface area contributed by atoms with Gasteiger partial charge in [0.2, 0.25) is 11.1 Å². The predicted octanol–water partition coefficient (Wildman–Crippen LogP) is 3.60. The van der Waals surface area contributed by atoms with Crippen LogP contribution in [0.1, 0.15) is 5.56 Å². The van der Waals surface area contributed by atoms with Crippen molar-refractivity contribution in [3.8, 4) is 5.69 Å². The Hall–Kier alpha value is -2.26. The number of benzene rings is 2. The number of aryl methyl sites for hydroxylation is 1. The second kappa shape index (κ2) is 7.75. The van der Waals surface area contributed by atoms with Gasteiger partial charge in [-0.25, -0.2) is 4.39 Å². The van der Waals surface area contributed by atoms with Crippen molar-refractivity contribution in [3.63, 3.8) is 0 Å². The molecule has 3 rings (SSSR count). The van der Waals surface area contributed by atoms with Gasteiger partial charge in [0.1, 0.15) is 5.82 Å². The summed E-state index contributed by atoms with van der Waals surface area (Å²) in [6.45, 7) is 1.99. The van der Waals surface area contributed by atoms with E-state index in [0.717, 1.165) is 11.3 Å². The Morgan fingerprint density at radius 3 is 2.76 bits per heavy atom. The molecule has 3 aromatic rings. The lowest BCUT2D eigenvalue weighted by molar-refractivity contribution is -0.113. The average molecular weight is 422 g/mol. The number of tetrazole rings is 1. The summed E-state index contributed by atoms with van der Waals surface area (Å²) in [5, 5.41) is 14.5. The molecule has 0 spiro atoms. The number of nitrogens with zero attached hydrogens (tertiary/aromatic N) is 4. The number of aromatic nitrogens is 4. The Morgan fingerprint density at radius 1 is 1.28 bits per heavy atom. The van der Waals surface area contributed by atoms with E-state index in [4.69, 9.17) is 0 Å². The van der Waals surface area contributed by atoms with E-state index in [2.05, 4.69) is 36.8 Å². The van der Waals surface area contributed by atoms with Gasteiger partial charge in [0, 0.05) is 4.47 Å². The molecule has 0 saturated carbocycles. The minimum absolute atomic E-state index is 0.0573. The Labute approximate surface area is 155 Å². The topological polar surface area (TPSA) is 72.7 Å². The van der Waals surface area contributed by atoms with Crippen LogP contribution in [0.3, 0.4) is 0 Å². The van der Waals surface area contributed by atoms with Crippen LogP contribution in [0.25, 0.3) is 5.69 Å². The van der Waals surface area contributed by atoms with Crippen LogP contribution in [0, 0.1) is 12.7 Å². The van der Waals surface area contributed by atoms with Gasteiger partial charge in [0.25, 0.3) is 0 Å². The van der Waals surface area contributed by atoms with Crippen molar-refractivity contribution in [1.82, 2.24) is 20.2 Å². The minimum atomic E-state index is -0.503. The zero-order valence-electron chi connectivity index (χ0n) is 13.1. The smallest absolute Gasteiger partial charge is 0.234 e. The lowest BCUT2D eigenvalue weighted by atomic mass is 10.2. The summed E-state index contributed by atoms with van der Waals surface area (Å²) in [4.78, 5) is 12.0. The fourth-order valence-corrected chi connectivity index (χ4v) is 3.05. The number of rotatable bonds is 5. The number of nitrogens with one attached hydrogen (secondary N) is 1. The number of anilines is 1. The van der Waals surface area contributed by atoms with Gasteiger partial charge >= 0.3 is 0 Å². The molecule has 1 heterocycles. The maximum atomic E-state index is 13.8. The van der Waals surface area contributed by atoms with Crippen LogP contribution in [0.4, 0.5) is 10.1 Å². The van der Waals surface area contributed by atoms with E-state index in [1.165, 1.54) is 23.9 Å². The lowest BCUT2D eigenvalue weighted by Crippen LogP contribution is -2.15. The molecule has 0 radical (unpaired) electrons. The molecular weight excluding hydrogens is 409 g/mol. The van der Waals surface area contributed by atoms with E-state index in [9.17, 15) is 9.18 Å². The molecule has 0 aliphatic heterocycles. The second-order valence-electron chi connectivity index (χ2n) is 5.17. The quantitative estimate of drug-likeness (QED) is 0.637. The Kier molecular flexibility index (Phi) is 5.44. The van der Waals surface area contributed by atoms with Crippen molar-refractivity contribution in [2.45, 2.75) is 12.1 Å². The van der Waals surface area contributed by atoms with E-state index in [1.807, 2.05) is 31.2 Å². The van der Waals surface area contributed by atoms with Crippen LogP contribution in [0.15, 0.2) is 52.1 Å². The third kappa shape index (κ3) is 4.43. The summed E-state index contributed by atoms with van der Waals surface area (Å²) < 4.78 is 15.9. The lowest BCUT2D eigenvalue weighted by Gasteiger charge is -2.07. The molecule has 128 valence electrons. The molecule has 25 heavy (non-hydrogen) atoms. The maximum Gasteiger partial charge on any atom is 0.234 e. The number of halogens is 2. The first-order valence-corrected chi connectivity index (χ1v) is 9.04. The van der Waals surface area contributed by atoms with Crippen molar-refractivity contribution >= 4 is 39.3 Å². The SMILES string of the molecule is Cc1ccc(-n2nnnc2SCC(=O)Nc2ccc(Br)cc2F)cc1. The largest absolute Gasteiger partial charge is 0.323 e. The van der Waals surface area contributed by atoms with Crippen molar-refractivity contribution in [1.29, 1.82) is 0 Å². The van der Waals surface area contributed by atoms with Crippen LogP contribution < -0.4 is 5.32 Å². The number of carbonyl (C=O) groups is 1. The molecule has 6 nitrogen and oxygen atoms in total. The highest BCUT2D eigenvalue weighted by atomic mass is 79.9. The van der Waals surface area contributed by atoms with Gasteiger partial charge in [0.05, 0.1) is 17.1 Å². The Balaban J connectivity index is 1.65. The first kappa shape index (κ1) is 17.6. The van der Waals surface area contributed by atoms with Crippen LogP contribution in [-0.4, -0.2) is 31.9 Å². The average Bonchev–Trinajstić information content (AvgIpc) is 3.05.